The molecule has 0 amide bonds. The Morgan fingerprint density at radius 3 is 2.65 bits per heavy atom. The average Bonchev–Trinajstić information content (AvgIpc) is 2.32. The van der Waals surface area contributed by atoms with Gasteiger partial charge >= 0.3 is 0 Å². The van der Waals surface area contributed by atoms with Crippen LogP contribution in [0.1, 0.15) is 16.8 Å². The number of aromatic nitrogens is 1. The molecule has 0 aliphatic heterocycles. The molecule has 0 fully saturated rings. The van der Waals surface area contributed by atoms with Gasteiger partial charge < -0.3 is 5.32 Å². The monoisotopic (exact) mass is 290 g/mol. The molecule has 1 aromatic heterocycles. The lowest BCUT2D eigenvalue weighted by Gasteiger charge is -2.07. The van der Waals surface area contributed by atoms with Gasteiger partial charge in [-0.2, -0.15) is 0 Å². The molecule has 0 saturated heterocycles. The van der Waals surface area contributed by atoms with E-state index in [4.69, 9.17) is 0 Å². The van der Waals surface area contributed by atoms with Crippen LogP contribution in [-0.4, -0.2) is 4.98 Å². The molecule has 88 valence electrons. The molecule has 0 radical (unpaired) electrons. The standard InChI is InChI=1S/C14H15BrN2/c1-11-5-2-3-6-12(11)9-16-10-13-7-4-8-14(15)17-13/h2-8,16H,9-10H2,1H3. The number of pyridine rings is 1. The Bertz CT molecular complexity index is 497. The summed E-state index contributed by atoms with van der Waals surface area (Å²) in [7, 11) is 0. The van der Waals surface area contributed by atoms with E-state index in [0.29, 0.717) is 0 Å². The number of rotatable bonds is 4. The van der Waals surface area contributed by atoms with Gasteiger partial charge in [-0.15, -0.1) is 0 Å². The average molecular weight is 291 g/mol. The molecule has 1 aromatic carbocycles. The van der Waals surface area contributed by atoms with Gasteiger partial charge in [0.15, 0.2) is 0 Å². The van der Waals surface area contributed by atoms with Crippen LogP contribution in [0, 0.1) is 6.92 Å². The number of hydrogen-bond donors (Lipinski definition) is 1. The number of halogens is 1. The van der Waals surface area contributed by atoms with Gasteiger partial charge in [-0.3, -0.25) is 0 Å². The Balaban J connectivity index is 1.90. The zero-order valence-corrected chi connectivity index (χ0v) is 11.4. The fraction of sp³-hybridized carbons (Fsp3) is 0.214. The van der Waals surface area contributed by atoms with Crippen molar-refractivity contribution in [3.63, 3.8) is 0 Å². The number of nitrogens with one attached hydrogen (secondary N) is 1. The van der Waals surface area contributed by atoms with Gasteiger partial charge in [-0.1, -0.05) is 30.3 Å². The van der Waals surface area contributed by atoms with Crippen LogP contribution in [0.2, 0.25) is 0 Å². The van der Waals surface area contributed by atoms with E-state index in [9.17, 15) is 0 Å². The van der Waals surface area contributed by atoms with Gasteiger partial charge in [0, 0.05) is 13.1 Å². The van der Waals surface area contributed by atoms with Crippen LogP contribution in [0.5, 0.6) is 0 Å². The first kappa shape index (κ1) is 12.3. The normalized spacial score (nSPS) is 10.5. The maximum Gasteiger partial charge on any atom is 0.106 e. The SMILES string of the molecule is Cc1ccccc1CNCc1cccc(Br)n1. The van der Waals surface area contributed by atoms with Gasteiger partial charge in [0.25, 0.3) is 0 Å². The second kappa shape index (κ2) is 5.94. The number of aryl methyl sites for hydroxylation is 1. The van der Waals surface area contributed by atoms with E-state index in [1.807, 2.05) is 18.2 Å². The minimum absolute atomic E-state index is 0.785. The van der Waals surface area contributed by atoms with Crippen molar-refractivity contribution < 1.29 is 0 Å². The Labute approximate surface area is 110 Å². The molecule has 1 N–H and O–H groups in total. The lowest BCUT2D eigenvalue weighted by molar-refractivity contribution is 0.676. The highest BCUT2D eigenvalue weighted by Gasteiger charge is 1.98. The number of hydrogen-bond acceptors (Lipinski definition) is 2. The second-order valence-corrected chi connectivity index (χ2v) is 4.79. The summed E-state index contributed by atoms with van der Waals surface area (Å²) in [6.07, 6.45) is 0. The fourth-order valence-electron chi connectivity index (χ4n) is 1.68. The summed E-state index contributed by atoms with van der Waals surface area (Å²) in [5.41, 5.74) is 3.71. The molecule has 0 saturated carbocycles. The van der Waals surface area contributed by atoms with E-state index in [2.05, 4.69) is 57.4 Å². The predicted octanol–water partition coefficient (Wildman–Crippen LogP) is 3.44. The quantitative estimate of drug-likeness (QED) is 0.873. The maximum absolute atomic E-state index is 4.38. The summed E-state index contributed by atoms with van der Waals surface area (Å²) < 4.78 is 0.882. The molecule has 2 rings (SSSR count). The van der Waals surface area contributed by atoms with Crippen molar-refractivity contribution in [2.45, 2.75) is 20.0 Å². The molecule has 17 heavy (non-hydrogen) atoms. The summed E-state index contributed by atoms with van der Waals surface area (Å²) in [6, 6.07) is 14.4. The van der Waals surface area contributed by atoms with Gasteiger partial charge in [-0.05, 0) is 46.1 Å². The van der Waals surface area contributed by atoms with Crippen LogP contribution in [-0.2, 0) is 13.1 Å². The molecule has 1 heterocycles. The highest BCUT2D eigenvalue weighted by Crippen LogP contribution is 2.08. The first-order chi connectivity index (χ1) is 8.25. The molecule has 0 bridgehead atoms. The zero-order chi connectivity index (χ0) is 12.1. The summed E-state index contributed by atoms with van der Waals surface area (Å²) in [4.78, 5) is 4.38. The molecular formula is C14H15BrN2. The van der Waals surface area contributed by atoms with Gasteiger partial charge in [0.05, 0.1) is 5.69 Å². The molecular weight excluding hydrogens is 276 g/mol. The smallest absolute Gasteiger partial charge is 0.106 e. The van der Waals surface area contributed by atoms with E-state index >= 15 is 0 Å². The second-order valence-electron chi connectivity index (χ2n) is 3.98. The van der Waals surface area contributed by atoms with Crippen LogP contribution >= 0.6 is 15.9 Å². The van der Waals surface area contributed by atoms with Gasteiger partial charge in [0.1, 0.15) is 4.60 Å². The largest absolute Gasteiger partial charge is 0.307 e. The van der Waals surface area contributed by atoms with E-state index < -0.39 is 0 Å². The highest BCUT2D eigenvalue weighted by atomic mass is 79.9. The van der Waals surface area contributed by atoms with Crippen LogP contribution in [0.3, 0.4) is 0 Å². The topological polar surface area (TPSA) is 24.9 Å². The summed E-state index contributed by atoms with van der Waals surface area (Å²) in [5.74, 6) is 0. The Hall–Kier alpha value is -1.19. The predicted molar refractivity (Wildman–Crippen MR) is 73.7 cm³/mol. The minimum atomic E-state index is 0.785. The maximum atomic E-state index is 4.38. The Morgan fingerprint density at radius 2 is 1.88 bits per heavy atom. The molecule has 2 nitrogen and oxygen atoms in total. The van der Waals surface area contributed by atoms with Crippen molar-refractivity contribution in [1.82, 2.24) is 10.3 Å². The first-order valence-electron chi connectivity index (χ1n) is 5.62. The van der Waals surface area contributed by atoms with Crippen LogP contribution in [0.15, 0.2) is 47.1 Å². The zero-order valence-electron chi connectivity index (χ0n) is 9.78. The summed E-state index contributed by atoms with van der Waals surface area (Å²) >= 11 is 3.37. The van der Waals surface area contributed by atoms with Crippen LogP contribution in [0.25, 0.3) is 0 Å². The molecule has 2 aromatic rings. The lowest BCUT2D eigenvalue weighted by atomic mass is 10.1. The van der Waals surface area contributed by atoms with Gasteiger partial charge in [-0.25, -0.2) is 4.98 Å². The lowest BCUT2D eigenvalue weighted by Crippen LogP contribution is -2.14. The number of nitrogens with zero attached hydrogens (tertiary/aromatic N) is 1. The highest BCUT2D eigenvalue weighted by molar-refractivity contribution is 9.10. The van der Waals surface area contributed by atoms with Crippen molar-refractivity contribution in [2.75, 3.05) is 0 Å². The Morgan fingerprint density at radius 1 is 1.06 bits per heavy atom. The fourth-order valence-corrected chi connectivity index (χ4v) is 2.06. The molecule has 0 atom stereocenters. The summed E-state index contributed by atoms with van der Waals surface area (Å²) in [6.45, 7) is 3.79. The van der Waals surface area contributed by atoms with E-state index in [1.54, 1.807) is 0 Å². The van der Waals surface area contributed by atoms with E-state index in [1.165, 1.54) is 11.1 Å². The first-order valence-corrected chi connectivity index (χ1v) is 6.41. The third kappa shape index (κ3) is 3.65. The van der Waals surface area contributed by atoms with Crippen LogP contribution in [0.4, 0.5) is 0 Å². The van der Waals surface area contributed by atoms with E-state index in [-0.39, 0.29) is 0 Å². The van der Waals surface area contributed by atoms with Crippen molar-refractivity contribution in [2.24, 2.45) is 0 Å². The third-order valence-electron chi connectivity index (χ3n) is 2.66. The Kier molecular flexibility index (Phi) is 4.29. The molecule has 0 spiro atoms. The van der Waals surface area contributed by atoms with Crippen LogP contribution < -0.4 is 5.32 Å². The van der Waals surface area contributed by atoms with Gasteiger partial charge in [0.2, 0.25) is 0 Å². The van der Waals surface area contributed by atoms with Crippen molar-refractivity contribution >= 4 is 15.9 Å². The van der Waals surface area contributed by atoms with E-state index in [0.717, 1.165) is 23.4 Å². The van der Waals surface area contributed by atoms with Crippen molar-refractivity contribution in [3.05, 3.63) is 63.9 Å². The molecule has 0 aliphatic carbocycles. The molecule has 3 heteroatoms. The van der Waals surface area contributed by atoms with Crippen molar-refractivity contribution in [3.8, 4) is 0 Å². The summed E-state index contributed by atoms with van der Waals surface area (Å²) in [5, 5.41) is 3.40. The molecule has 0 unspecified atom stereocenters. The minimum Gasteiger partial charge on any atom is -0.307 e. The molecule has 0 aliphatic rings. The third-order valence-corrected chi connectivity index (χ3v) is 3.10. The number of benzene rings is 1. The van der Waals surface area contributed by atoms with Crippen molar-refractivity contribution in [1.29, 1.82) is 0 Å².